The predicted molar refractivity (Wildman–Crippen MR) is 154 cm³/mol. The molecule has 0 unspecified atom stereocenters. The van der Waals surface area contributed by atoms with Crippen molar-refractivity contribution < 1.29 is 13.9 Å². The lowest BCUT2D eigenvalue weighted by Gasteiger charge is -2.09. The molecule has 1 heterocycles. The van der Waals surface area contributed by atoms with Gasteiger partial charge in [-0.05, 0) is 61.0 Å². The molecule has 8 heteroatoms. The van der Waals surface area contributed by atoms with Gasteiger partial charge in [-0.2, -0.15) is 5.10 Å². The number of hydrazone groups is 1. The molecule has 6 nitrogen and oxygen atoms in total. The van der Waals surface area contributed by atoms with E-state index in [4.69, 9.17) is 4.74 Å². The molecule has 0 spiro atoms. The van der Waals surface area contributed by atoms with Gasteiger partial charge in [0, 0.05) is 27.8 Å². The summed E-state index contributed by atoms with van der Waals surface area (Å²) in [6.07, 6.45) is 1.52. The van der Waals surface area contributed by atoms with Gasteiger partial charge in [-0.3, -0.25) is 4.79 Å². The van der Waals surface area contributed by atoms with Gasteiger partial charge < -0.3 is 10.1 Å². The van der Waals surface area contributed by atoms with Crippen LogP contribution in [0.2, 0.25) is 0 Å². The lowest BCUT2D eigenvalue weighted by Crippen LogP contribution is -2.17. The summed E-state index contributed by atoms with van der Waals surface area (Å²) in [6, 6.07) is 28.9. The summed E-state index contributed by atoms with van der Waals surface area (Å²) < 4.78 is 19.3. The van der Waals surface area contributed by atoms with Crippen molar-refractivity contribution in [2.75, 3.05) is 5.32 Å². The molecular formula is C31H25FN4O2S. The summed E-state index contributed by atoms with van der Waals surface area (Å²) in [5.41, 5.74) is 8.35. The maximum absolute atomic E-state index is 13.4. The number of benzene rings is 4. The lowest BCUT2D eigenvalue weighted by atomic mass is 10.1. The number of ether oxygens (including phenoxy) is 1. The highest BCUT2D eigenvalue weighted by molar-refractivity contribution is 7.14. The van der Waals surface area contributed by atoms with Crippen molar-refractivity contribution in [3.63, 3.8) is 0 Å². The monoisotopic (exact) mass is 536 g/mol. The Labute approximate surface area is 229 Å². The van der Waals surface area contributed by atoms with Crippen LogP contribution in [0.25, 0.3) is 11.3 Å². The van der Waals surface area contributed by atoms with Gasteiger partial charge in [0.25, 0.3) is 5.91 Å². The van der Waals surface area contributed by atoms with E-state index in [-0.39, 0.29) is 18.3 Å². The van der Waals surface area contributed by atoms with E-state index in [2.05, 4.69) is 27.8 Å². The average molecular weight is 537 g/mol. The highest BCUT2D eigenvalue weighted by atomic mass is 32.1. The third-order valence-corrected chi connectivity index (χ3v) is 6.58. The van der Waals surface area contributed by atoms with E-state index < -0.39 is 0 Å². The van der Waals surface area contributed by atoms with Crippen LogP contribution < -0.4 is 15.5 Å². The minimum Gasteiger partial charge on any atom is -0.488 e. The van der Waals surface area contributed by atoms with Crippen LogP contribution in [0.1, 0.15) is 27.0 Å². The first-order valence-corrected chi connectivity index (χ1v) is 13.1. The number of hydrogen-bond acceptors (Lipinski definition) is 6. The van der Waals surface area contributed by atoms with Gasteiger partial charge in [0.1, 0.15) is 18.2 Å². The van der Waals surface area contributed by atoms with Crippen LogP contribution in [0.15, 0.2) is 108 Å². The molecule has 0 radical (unpaired) electrons. The number of carbonyl (C=O) groups excluding carboxylic acids is 1. The summed E-state index contributed by atoms with van der Waals surface area (Å²) in [5, 5.41) is 10.2. The van der Waals surface area contributed by atoms with Gasteiger partial charge in [0.05, 0.1) is 11.9 Å². The van der Waals surface area contributed by atoms with Crippen molar-refractivity contribution >= 4 is 34.3 Å². The quantitative estimate of drug-likeness (QED) is 0.153. The van der Waals surface area contributed by atoms with Crippen molar-refractivity contribution in [3.8, 4) is 17.0 Å². The summed E-state index contributed by atoms with van der Waals surface area (Å²) in [6.45, 7) is 2.26. The van der Waals surface area contributed by atoms with Crippen molar-refractivity contribution in [2.24, 2.45) is 5.10 Å². The van der Waals surface area contributed by atoms with Crippen LogP contribution >= 0.6 is 11.3 Å². The van der Waals surface area contributed by atoms with Gasteiger partial charge >= 0.3 is 0 Å². The normalized spacial score (nSPS) is 10.9. The standard InChI is InChI=1S/C31H25FN4O2S/c1-21-9-15-27(16-10-21)34-31-35-28(20-39-31)23-11-13-24(14-12-23)30(37)36-33-18-25-6-2-3-8-29(25)38-19-22-5-4-7-26(32)17-22/h2-18,20H,19H2,1H3,(H,34,35)(H,36,37)/b33-18-. The minimum atomic E-state index is -0.337. The molecule has 0 aliphatic carbocycles. The van der Waals surface area contributed by atoms with Crippen LogP contribution in [-0.2, 0) is 6.61 Å². The Hall–Kier alpha value is -4.82. The molecule has 0 fully saturated rings. The SMILES string of the molecule is Cc1ccc(Nc2nc(-c3ccc(C(=O)N/N=C\c4ccccc4OCc4cccc(F)c4)cc3)cs2)cc1. The van der Waals surface area contributed by atoms with E-state index in [1.807, 2.05) is 60.0 Å². The van der Waals surface area contributed by atoms with E-state index in [1.54, 1.807) is 30.3 Å². The van der Waals surface area contributed by atoms with E-state index in [1.165, 1.54) is 35.2 Å². The topological polar surface area (TPSA) is 75.6 Å². The summed E-state index contributed by atoms with van der Waals surface area (Å²) >= 11 is 1.52. The smallest absolute Gasteiger partial charge is 0.271 e. The summed E-state index contributed by atoms with van der Waals surface area (Å²) in [7, 11) is 0. The average Bonchev–Trinajstić information content (AvgIpc) is 3.42. The summed E-state index contributed by atoms with van der Waals surface area (Å²) in [5.74, 6) is -0.0762. The zero-order valence-corrected chi connectivity index (χ0v) is 21.9. The number of carbonyl (C=O) groups is 1. The zero-order chi connectivity index (χ0) is 27.0. The molecule has 1 aromatic heterocycles. The second-order valence-corrected chi connectivity index (χ2v) is 9.62. The number of amides is 1. The number of nitrogens with one attached hydrogen (secondary N) is 2. The third kappa shape index (κ3) is 6.94. The van der Waals surface area contributed by atoms with E-state index >= 15 is 0 Å². The van der Waals surface area contributed by atoms with Crippen molar-refractivity contribution in [1.82, 2.24) is 10.4 Å². The van der Waals surface area contributed by atoms with E-state index in [0.717, 1.165) is 27.6 Å². The molecule has 0 aliphatic rings. The first-order chi connectivity index (χ1) is 19.0. The molecule has 194 valence electrons. The van der Waals surface area contributed by atoms with Gasteiger partial charge in [-0.1, -0.05) is 54.1 Å². The fourth-order valence-corrected chi connectivity index (χ4v) is 4.49. The first kappa shape index (κ1) is 25.8. The Kier molecular flexibility index (Phi) is 8.04. The van der Waals surface area contributed by atoms with Crippen LogP contribution in [0, 0.1) is 12.7 Å². The fourth-order valence-electron chi connectivity index (χ4n) is 3.75. The number of para-hydroxylation sites is 1. The van der Waals surface area contributed by atoms with Crippen molar-refractivity contribution in [3.05, 3.63) is 131 Å². The maximum Gasteiger partial charge on any atom is 0.271 e. The molecule has 39 heavy (non-hydrogen) atoms. The fraction of sp³-hybridized carbons (Fsp3) is 0.0645. The van der Waals surface area contributed by atoms with Crippen LogP contribution in [-0.4, -0.2) is 17.1 Å². The Bertz CT molecular complexity index is 1600. The number of aryl methyl sites for hydroxylation is 1. The lowest BCUT2D eigenvalue weighted by molar-refractivity contribution is 0.0955. The summed E-state index contributed by atoms with van der Waals surface area (Å²) in [4.78, 5) is 17.3. The maximum atomic E-state index is 13.4. The first-order valence-electron chi connectivity index (χ1n) is 12.2. The molecule has 5 rings (SSSR count). The predicted octanol–water partition coefficient (Wildman–Crippen LogP) is 7.34. The number of nitrogens with zero attached hydrogens (tertiary/aromatic N) is 2. The number of thiazole rings is 1. The molecule has 0 atom stereocenters. The molecule has 5 aromatic rings. The molecule has 0 bridgehead atoms. The molecular weight excluding hydrogens is 511 g/mol. The minimum absolute atomic E-state index is 0.212. The highest BCUT2D eigenvalue weighted by Crippen LogP contribution is 2.27. The second-order valence-electron chi connectivity index (χ2n) is 8.76. The van der Waals surface area contributed by atoms with Gasteiger partial charge in [-0.15, -0.1) is 11.3 Å². The van der Waals surface area contributed by atoms with Gasteiger partial charge in [0.2, 0.25) is 0 Å². The highest BCUT2D eigenvalue weighted by Gasteiger charge is 2.09. The Morgan fingerprint density at radius 3 is 2.59 bits per heavy atom. The Morgan fingerprint density at radius 1 is 1.00 bits per heavy atom. The molecule has 2 N–H and O–H groups in total. The Morgan fingerprint density at radius 2 is 1.79 bits per heavy atom. The third-order valence-electron chi connectivity index (χ3n) is 5.82. The number of rotatable bonds is 9. The molecule has 1 amide bonds. The van der Waals surface area contributed by atoms with Crippen molar-refractivity contribution in [2.45, 2.75) is 13.5 Å². The molecule has 4 aromatic carbocycles. The van der Waals surface area contributed by atoms with Crippen LogP contribution in [0.5, 0.6) is 5.75 Å². The van der Waals surface area contributed by atoms with E-state index in [9.17, 15) is 9.18 Å². The van der Waals surface area contributed by atoms with E-state index in [0.29, 0.717) is 16.9 Å². The molecule has 0 saturated carbocycles. The van der Waals surface area contributed by atoms with Gasteiger partial charge in [-0.25, -0.2) is 14.8 Å². The number of halogens is 1. The van der Waals surface area contributed by atoms with Gasteiger partial charge in [0.15, 0.2) is 5.13 Å². The second kappa shape index (κ2) is 12.1. The molecule has 0 saturated heterocycles. The zero-order valence-electron chi connectivity index (χ0n) is 21.1. The van der Waals surface area contributed by atoms with Crippen molar-refractivity contribution in [1.29, 1.82) is 0 Å². The largest absolute Gasteiger partial charge is 0.488 e. The molecule has 0 aliphatic heterocycles. The Balaban J connectivity index is 1.18. The van der Waals surface area contributed by atoms with Crippen LogP contribution in [0.3, 0.4) is 0 Å². The van der Waals surface area contributed by atoms with Crippen LogP contribution in [0.4, 0.5) is 15.2 Å². The number of hydrogen-bond donors (Lipinski definition) is 2. The number of anilines is 2. The number of aromatic nitrogens is 1.